The van der Waals surface area contributed by atoms with Gasteiger partial charge in [-0.2, -0.15) is 0 Å². The van der Waals surface area contributed by atoms with Crippen molar-refractivity contribution >= 4 is 35.4 Å². The van der Waals surface area contributed by atoms with Crippen molar-refractivity contribution in [2.75, 3.05) is 79.5 Å². The van der Waals surface area contributed by atoms with E-state index in [1.165, 1.54) is 0 Å². The largest absolute Gasteiger partial charge is 0.343 e. The molecule has 2 saturated carbocycles. The van der Waals surface area contributed by atoms with Crippen molar-refractivity contribution in [2.24, 2.45) is 11.8 Å². The van der Waals surface area contributed by atoms with Crippen molar-refractivity contribution in [3.05, 3.63) is 131 Å². The van der Waals surface area contributed by atoms with Gasteiger partial charge in [-0.25, -0.2) is 0 Å². The fourth-order valence-electron chi connectivity index (χ4n) is 12.3. The van der Waals surface area contributed by atoms with Crippen molar-refractivity contribution in [1.29, 1.82) is 0 Å². The number of hydrogen-bond donors (Lipinski definition) is 6. The predicted molar refractivity (Wildman–Crippen MR) is 319 cm³/mol. The third-order valence-electron chi connectivity index (χ3n) is 17.7. The number of amides is 6. The van der Waals surface area contributed by atoms with Gasteiger partial charge in [0.05, 0.1) is 18.1 Å². The third kappa shape index (κ3) is 16.6. The van der Waals surface area contributed by atoms with Crippen LogP contribution in [0.2, 0.25) is 0 Å². The molecular formula is C65H90N10O6. The van der Waals surface area contributed by atoms with Crippen LogP contribution in [0.3, 0.4) is 0 Å². The summed E-state index contributed by atoms with van der Waals surface area (Å²) in [6.45, 7) is 8.78. The highest BCUT2D eigenvalue weighted by Crippen LogP contribution is 2.31. The lowest BCUT2D eigenvalue weighted by Gasteiger charge is -2.42. The van der Waals surface area contributed by atoms with E-state index >= 15 is 0 Å². The van der Waals surface area contributed by atoms with Gasteiger partial charge in [-0.15, -0.1) is 0 Å². The van der Waals surface area contributed by atoms with Gasteiger partial charge in [-0.3, -0.25) is 28.8 Å². The van der Waals surface area contributed by atoms with E-state index < -0.39 is 24.2 Å². The molecular weight excluding hydrogens is 1020 g/mol. The minimum Gasteiger partial charge on any atom is -0.343 e. The molecule has 6 amide bonds. The zero-order valence-corrected chi connectivity index (χ0v) is 48.5. The van der Waals surface area contributed by atoms with Crippen LogP contribution in [0.25, 0.3) is 11.1 Å². The lowest BCUT2D eigenvalue weighted by Crippen LogP contribution is -2.63. The van der Waals surface area contributed by atoms with Crippen molar-refractivity contribution in [2.45, 2.75) is 134 Å². The molecule has 2 heterocycles. The number of rotatable bonds is 24. The quantitative estimate of drug-likeness (QED) is 0.0482. The van der Waals surface area contributed by atoms with E-state index in [1.54, 1.807) is 21.0 Å². The maximum absolute atomic E-state index is 14.8. The summed E-state index contributed by atoms with van der Waals surface area (Å²) in [5.41, 5.74) is 5.14. The molecule has 436 valence electrons. The van der Waals surface area contributed by atoms with Gasteiger partial charge in [0.2, 0.25) is 23.6 Å². The second-order valence-corrected chi connectivity index (χ2v) is 23.0. The maximum atomic E-state index is 14.8. The third-order valence-corrected chi connectivity index (χ3v) is 17.7. The molecule has 16 heteroatoms. The Hall–Kier alpha value is -6.46. The highest BCUT2D eigenvalue weighted by Gasteiger charge is 2.40. The Balaban J connectivity index is 0.965. The first-order valence-corrected chi connectivity index (χ1v) is 30.3. The number of nitrogens with one attached hydrogen (secondary N) is 6. The Labute approximate surface area is 481 Å². The molecule has 0 spiro atoms. The SMILES string of the molecule is CN[C@@H](C)C(=O)N[C@H](C(=O)N1CCNC[C@H]1CCN(CCc1ccccc1)C(=O)c1ccc(-c2ccc(C(=O)N(CCc3ccccc3)C[C@@H]3CNCCN3C(=O)[C@@H](NC(=O)[C@H](C)NC)C3CCCCC3)cc2)cc1)C1CCCCC1. The smallest absolute Gasteiger partial charge is 0.253 e. The molecule has 8 rings (SSSR count). The molecule has 2 aliphatic heterocycles. The molecule has 6 atom stereocenters. The maximum Gasteiger partial charge on any atom is 0.253 e. The second kappa shape index (κ2) is 30.6. The number of hydrogen-bond acceptors (Lipinski definition) is 10. The standard InChI is InChI=1S/C65H90N10O6/c1-46(66-3)60(76)70-58(52-21-13-7-14-22-52)64(80)74-41-36-68-43-56(74)35-40-72(38-33-48-17-9-5-10-18-48)62(78)54-29-25-50(26-30-54)51-27-31-55(32-28-51)63(79)73(39-34-49-19-11-6-12-20-49)45-57-44-69-37-42-75(57)65(81)59(53-23-15-8-16-24-53)71-61(77)47(2)67-4/h5-6,9-12,17-20,25-32,46-47,52-53,56-59,66-69H,7-8,13-16,21-24,33-45H2,1-4H3,(H,70,76)(H,71,77)/t46-,47-,56+,57-,58-,59-/m0/s1. The molecule has 0 aromatic heterocycles. The average Bonchev–Trinajstić information content (AvgIpc) is 3.55. The number of carbonyl (C=O) groups excluding carboxylic acids is 6. The Morgan fingerprint density at radius 2 is 0.926 bits per heavy atom. The molecule has 81 heavy (non-hydrogen) atoms. The van der Waals surface area contributed by atoms with Crippen LogP contribution < -0.4 is 31.9 Å². The minimum absolute atomic E-state index is 0.0282. The molecule has 0 unspecified atom stereocenters. The Bertz CT molecular complexity index is 2650. The summed E-state index contributed by atoms with van der Waals surface area (Å²) < 4.78 is 0. The molecule has 2 aliphatic carbocycles. The Kier molecular flexibility index (Phi) is 22.9. The van der Waals surface area contributed by atoms with Gasteiger partial charge in [0, 0.05) is 82.6 Å². The second-order valence-electron chi connectivity index (χ2n) is 23.0. The van der Waals surface area contributed by atoms with E-state index in [0.29, 0.717) is 95.8 Å². The van der Waals surface area contributed by atoms with Gasteiger partial charge in [0.25, 0.3) is 11.8 Å². The van der Waals surface area contributed by atoms with Crippen LogP contribution in [0, 0.1) is 11.8 Å². The minimum atomic E-state index is -0.630. The van der Waals surface area contributed by atoms with E-state index in [9.17, 15) is 28.8 Å². The molecule has 0 bridgehead atoms. The first-order chi connectivity index (χ1) is 39.4. The van der Waals surface area contributed by atoms with E-state index in [4.69, 9.17) is 0 Å². The summed E-state index contributed by atoms with van der Waals surface area (Å²) in [4.78, 5) is 93.0. The first kappa shape index (κ1) is 60.6. The number of carbonyl (C=O) groups is 6. The normalized spacial score (nSPS) is 19.6. The Morgan fingerprint density at radius 3 is 1.37 bits per heavy atom. The van der Waals surface area contributed by atoms with E-state index in [2.05, 4.69) is 56.2 Å². The van der Waals surface area contributed by atoms with Crippen LogP contribution in [0.1, 0.15) is 116 Å². The molecule has 0 radical (unpaired) electrons. The summed E-state index contributed by atoms with van der Waals surface area (Å²) in [6.07, 6.45) is 11.9. The van der Waals surface area contributed by atoms with Crippen molar-refractivity contribution < 1.29 is 28.8 Å². The van der Waals surface area contributed by atoms with Crippen molar-refractivity contribution in [3.8, 4) is 11.1 Å². The molecule has 4 fully saturated rings. The highest BCUT2D eigenvalue weighted by atomic mass is 16.2. The molecule has 4 aromatic rings. The predicted octanol–water partition coefficient (Wildman–Crippen LogP) is 6.06. The summed E-state index contributed by atoms with van der Waals surface area (Å²) in [6, 6.07) is 33.0. The van der Waals surface area contributed by atoms with E-state index in [-0.39, 0.29) is 59.4 Å². The van der Waals surface area contributed by atoms with Crippen LogP contribution in [-0.2, 0) is 32.0 Å². The fourth-order valence-corrected chi connectivity index (χ4v) is 12.3. The molecule has 16 nitrogen and oxygen atoms in total. The van der Waals surface area contributed by atoms with Crippen LogP contribution in [-0.4, -0.2) is 171 Å². The lowest BCUT2D eigenvalue weighted by molar-refractivity contribution is -0.142. The van der Waals surface area contributed by atoms with Gasteiger partial charge in [-0.05, 0) is 131 Å². The van der Waals surface area contributed by atoms with Crippen LogP contribution in [0.15, 0.2) is 109 Å². The summed E-state index contributed by atoms with van der Waals surface area (Å²) in [5.74, 6) is -0.531. The Morgan fingerprint density at radius 1 is 0.519 bits per heavy atom. The zero-order valence-electron chi connectivity index (χ0n) is 48.5. The van der Waals surface area contributed by atoms with Crippen molar-refractivity contribution in [1.82, 2.24) is 51.5 Å². The molecule has 4 aliphatic rings. The van der Waals surface area contributed by atoms with Gasteiger partial charge in [0.15, 0.2) is 0 Å². The highest BCUT2D eigenvalue weighted by molar-refractivity contribution is 5.96. The van der Waals surface area contributed by atoms with Crippen LogP contribution in [0.4, 0.5) is 0 Å². The number of piperazine rings is 2. The van der Waals surface area contributed by atoms with E-state index in [0.717, 1.165) is 86.5 Å². The number of benzene rings is 4. The van der Waals surface area contributed by atoms with E-state index in [1.807, 2.05) is 111 Å². The fraction of sp³-hybridized carbons (Fsp3) is 0.538. The van der Waals surface area contributed by atoms with Gasteiger partial charge in [0.1, 0.15) is 12.1 Å². The molecule has 4 aromatic carbocycles. The van der Waals surface area contributed by atoms with Crippen LogP contribution >= 0.6 is 0 Å². The van der Waals surface area contributed by atoms with Gasteiger partial charge >= 0.3 is 0 Å². The molecule has 6 N–H and O–H groups in total. The van der Waals surface area contributed by atoms with Gasteiger partial charge < -0.3 is 51.5 Å². The topological polar surface area (TPSA) is 188 Å². The zero-order chi connectivity index (χ0) is 57.1. The van der Waals surface area contributed by atoms with Crippen molar-refractivity contribution in [3.63, 3.8) is 0 Å². The summed E-state index contributed by atoms with van der Waals surface area (Å²) in [7, 11) is 3.50. The number of nitrogens with zero attached hydrogens (tertiary/aromatic N) is 4. The summed E-state index contributed by atoms with van der Waals surface area (Å²) in [5, 5.41) is 19.3. The monoisotopic (exact) mass is 1110 g/mol. The van der Waals surface area contributed by atoms with Gasteiger partial charge in [-0.1, -0.05) is 123 Å². The van der Waals surface area contributed by atoms with Crippen LogP contribution in [0.5, 0.6) is 0 Å². The molecule has 2 saturated heterocycles. The average molecular weight is 1110 g/mol. The summed E-state index contributed by atoms with van der Waals surface area (Å²) >= 11 is 0. The number of likely N-dealkylation sites (N-methyl/N-ethyl adjacent to an activating group) is 2. The lowest BCUT2D eigenvalue weighted by atomic mass is 9.83. The first-order valence-electron chi connectivity index (χ1n) is 30.3.